The number of aryl methyl sites for hydroxylation is 2. The summed E-state index contributed by atoms with van der Waals surface area (Å²) in [6.45, 7) is 8.31. The van der Waals surface area contributed by atoms with Crippen LogP contribution in [0.5, 0.6) is 0 Å². The third-order valence-electron chi connectivity index (χ3n) is 2.68. The van der Waals surface area contributed by atoms with Gasteiger partial charge in [-0.3, -0.25) is 0 Å². The number of rotatable bonds is 2. The van der Waals surface area contributed by atoms with Crippen molar-refractivity contribution >= 4 is 15.9 Å². The number of halogens is 1. The minimum absolute atomic E-state index is 0.299. The van der Waals surface area contributed by atoms with Crippen LogP contribution < -0.4 is 0 Å². The molecule has 0 N–H and O–H groups in total. The number of benzene rings is 1. The van der Waals surface area contributed by atoms with Crippen LogP contribution in [-0.4, -0.2) is 20.2 Å². The lowest BCUT2D eigenvalue weighted by molar-refractivity contribution is 0.704. The Hall–Kier alpha value is -1.23. The van der Waals surface area contributed by atoms with Crippen molar-refractivity contribution in [1.29, 1.82) is 0 Å². The molecule has 4 nitrogen and oxygen atoms in total. The van der Waals surface area contributed by atoms with E-state index < -0.39 is 0 Å². The number of aromatic nitrogens is 4. The summed E-state index contributed by atoms with van der Waals surface area (Å²) in [5.74, 6) is 1.19. The molecule has 0 unspecified atom stereocenters. The van der Waals surface area contributed by atoms with E-state index in [0.29, 0.717) is 5.92 Å². The van der Waals surface area contributed by atoms with Gasteiger partial charge in [-0.05, 0) is 47.5 Å². The van der Waals surface area contributed by atoms with Crippen molar-refractivity contribution in [3.8, 4) is 5.69 Å². The van der Waals surface area contributed by atoms with Gasteiger partial charge in [0.25, 0.3) is 0 Å². The quantitative estimate of drug-likeness (QED) is 0.854. The van der Waals surface area contributed by atoms with Crippen LogP contribution in [-0.2, 0) is 0 Å². The van der Waals surface area contributed by atoms with Gasteiger partial charge in [-0.2, -0.15) is 4.68 Å². The fourth-order valence-corrected chi connectivity index (χ4v) is 2.64. The van der Waals surface area contributed by atoms with Crippen molar-refractivity contribution in [3.63, 3.8) is 0 Å². The zero-order valence-corrected chi connectivity index (χ0v) is 12.0. The van der Waals surface area contributed by atoms with E-state index in [4.69, 9.17) is 0 Å². The second kappa shape index (κ2) is 4.56. The predicted octanol–water partition coefficient (Wildman–Crippen LogP) is 3.17. The maximum absolute atomic E-state index is 4.10. The zero-order chi connectivity index (χ0) is 12.6. The van der Waals surface area contributed by atoms with E-state index in [1.807, 2.05) is 4.68 Å². The van der Waals surface area contributed by atoms with Gasteiger partial charge in [0.2, 0.25) is 0 Å². The standard InChI is InChI=1S/C12H15BrN4/c1-7(2)12-14-15-16-17(12)11-8(3)5-10(13)6-9(11)4/h5-7H,1-4H3. The van der Waals surface area contributed by atoms with Gasteiger partial charge < -0.3 is 0 Å². The minimum Gasteiger partial charge on any atom is -0.197 e. The first kappa shape index (κ1) is 12.2. The number of nitrogens with zero attached hydrogens (tertiary/aromatic N) is 4. The van der Waals surface area contributed by atoms with Gasteiger partial charge >= 0.3 is 0 Å². The summed E-state index contributed by atoms with van der Waals surface area (Å²) < 4.78 is 2.91. The van der Waals surface area contributed by atoms with Gasteiger partial charge in [0, 0.05) is 10.4 Å². The first-order valence-electron chi connectivity index (χ1n) is 5.56. The number of hydrogen-bond acceptors (Lipinski definition) is 3. The van der Waals surface area contributed by atoms with E-state index >= 15 is 0 Å². The monoisotopic (exact) mass is 294 g/mol. The fraction of sp³-hybridized carbons (Fsp3) is 0.417. The molecule has 1 aromatic carbocycles. The first-order chi connectivity index (χ1) is 8.00. The van der Waals surface area contributed by atoms with E-state index in [2.05, 4.69) is 71.3 Å². The zero-order valence-electron chi connectivity index (χ0n) is 10.4. The fourth-order valence-electron chi connectivity index (χ4n) is 1.95. The van der Waals surface area contributed by atoms with Gasteiger partial charge in [-0.25, -0.2) is 0 Å². The highest BCUT2D eigenvalue weighted by molar-refractivity contribution is 9.10. The van der Waals surface area contributed by atoms with Gasteiger partial charge in [0.05, 0.1) is 5.69 Å². The Bertz CT molecular complexity index is 522. The highest BCUT2D eigenvalue weighted by atomic mass is 79.9. The molecule has 0 saturated heterocycles. The lowest BCUT2D eigenvalue weighted by atomic mass is 10.1. The second-order valence-electron chi connectivity index (χ2n) is 4.49. The van der Waals surface area contributed by atoms with Crippen molar-refractivity contribution in [2.24, 2.45) is 0 Å². The van der Waals surface area contributed by atoms with Crippen LogP contribution in [0.1, 0.15) is 36.7 Å². The van der Waals surface area contributed by atoms with Crippen molar-refractivity contribution in [2.45, 2.75) is 33.6 Å². The van der Waals surface area contributed by atoms with Gasteiger partial charge in [0.15, 0.2) is 5.82 Å². The minimum atomic E-state index is 0.299. The molecule has 0 bridgehead atoms. The smallest absolute Gasteiger partial charge is 0.159 e. The normalized spacial score (nSPS) is 11.2. The summed E-state index contributed by atoms with van der Waals surface area (Å²) in [7, 11) is 0. The van der Waals surface area contributed by atoms with Crippen LogP contribution in [0.3, 0.4) is 0 Å². The lowest BCUT2D eigenvalue weighted by Gasteiger charge is -2.13. The molecule has 1 heterocycles. The van der Waals surface area contributed by atoms with Crippen LogP contribution in [0.4, 0.5) is 0 Å². The highest BCUT2D eigenvalue weighted by Gasteiger charge is 2.15. The maximum Gasteiger partial charge on any atom is 0.159 e. The molecular weight excluding hydrogens is 280 g/mol. The maximum atomic E-state index is 4.10. The Labute approximate surface area is 109 Å². The SMILES string of the molecule is Cc1cc(Br)cc(C)c1-n1nnnc1C(C)C. The van der Waals surface area contributed by atoms with Crippen LogP contribution in [0.25, 0.3) is 5.69 Å². The Balaban J connectivity index is 2.64. The van der Waals surface area contributed by atoms with E-state index in [0.717, 1.165) is 27.1 Å². The molecule has 0 aliphatic rings. The molecule has 17 heavy (non-hydrogen) atoms. The van der Waals surface area contributed by atoms with Crippen LogP contribution >= 0.6 is 15.9 Å². The third kappa shape index (κ3) is 2.24. The van der Waals surface area contributed by atoms with Crippen LogP contribution in [0.2, 0.25) is 0 Å². The topological polar surface area (TPSA) is 43.6 Å². The largest absolute Gasteiger partial charge is 0.197 e. The molecule has 2 rings (SSSR count). The molecule has 0 saturated carbocycles. The molecule has 0 aliphatic carbocycles. The molecule has 1 aromatic heterocycles. The molecule has 0 atom stereocenters. The Kier molecular flexibility index (Phi) is 3.28. The number of hydrogen-bond donors (Lipinski definition) is 0. The molecule has 90 valence electrons. The summed E-state index contributed by atoms with van der Waals surface area (Å²) in [5, 5.41) is 12.0. The summed E-state index contributed by atoms with van der Waals surface area (Å²) in [4.78, 5) is 0. The number of tetrazole rings is 1. The summed E-state index contributed by atoms with van der Waals surface area (Å²) in [6.07, 6.45) is 0. The lowest BCUT2D eigenvalue weighted by Crippen LogP contribution is -2.08. The first-order valence-corrected chi connectivity index (χ1v) is 6.35. The van der Waals surface area contributed by atoms with Crippen molar-refractivity contribution in [2.75, 3.05) is 0 Å². The summed E-state index contributed by atoms with van der Waals surface area (Å²) in [6, 6.07) is 4.16. The average Bonchev–Trinajstić information content (AvgIpc) is 2.64. The van der Waals surface area contributed by atoms with E-state index in [1.54, 1.807) is 0 Å². The van der Waals surface area contributed by atoms with Gasteiger partial charge in [-0.1, -0.05) is 29.8 Å². The summed E-state index contributed by atoms with van der Waals surface area (Å²) >= 11 is 3.50. The molecule has 2 aromatic rings. The summed E-state index contributed by atoms with van der Waals surface area (Å²) in [5.41, 5.74) is 3.39. The van der Waals surface area contributed by atoms with Crippen molar-refractivity contribution in [1.82, 2.24) is 20.2 Å². The molecule has 0 fully saturated rings. The van der Waals surface area contributed by atoms with E-state index in [-0.39, 0.29) is 0 Å². The van der Waals surface area contributed by atoms with Crippen molar-refractivity contribution in [3.05, 3.63) is 33.6 Å². The Morgan fingerprint density at radius 2 is 1.76 bits per heavy atom. The third-order valence-corrected chi connectivity index (χ3v) is 3.14. The molecule has 0 radical (unpaired) electrons. The van der Waals surface area contributed by atoms with Crippen molar-refractivity contribution < 1.29 is 0 Å². The Morgan fingerprint density at radius 1 is 1.18 bits per heavy atom. The van der Waals surface area contributed by atoms with E-state index in [1.165, 1.54) is 0 Å². The molecular formula is C12H15BrN4. The molecule has 0 amide bonds. The van der Waals surface area contributed by atoms with E-state index in [9.17, 15) is 0 Å². The van der Waals surface area contributed by atoms with Crippen LogP contribution in [0.15, 0.2) is 16.6 Å². The van der Waals surface area contributed by atoms with Gasteiger partial charge in [-0.15, -0.1) is 5.10 Å². The molecule has 0 aliphatic heterocycles. The molecule has 5 heteroatoms. The second-order valence-corrected chi connectivity index (χ2v) is 5.41. The predicted molar refractivity (Wildman–Crippen MR) is 70.4 cm³/mol. The van der Waals surface area contributed by atoms with Crippen LogP contribution in [0, 0.1) is 13.8 Å². The molecule has 0 spiro atoms. The highest BCUT2D eigenvalue weighted by Crippen LogP contribution is 2.25. The Morgan fingerprint density at radius 3 is 2.29 bits per heavy atom. The average molecular weight is 295 g/mol. The van der Waals surface area contributed by atoms with Gasteiger partial charge in [0.1, 0.15) is 0 Å².